The molecule has 2 fully saturated rings. The molecular formula is C18H22N2O2. The standard InChI is InChI=1S/C18H22N2O2/c1-13-3-2-4-14(11-13)16-12-17(16)18(21)22-15-5-8-20(9-6-15)10-7-19/h2-4,11,15-17H,5-6,8-10,12H2,1H3. The number of aryl methyl sites for hydroxylation is 1. The lowest BCUT2D eigenvalue weighted by molar-refractivity contribution is -0.152. The molecular weight excluding hydrogens is 276 g/mol. The second kappa shape index (κ2) is 6.50. The van der Waals surface area contributed by atoms with Crippen LogP contribution in [0.5, 0.6) is 0 Å². The van der Waals surface area contributed by atoms with Crippen LogP contribution >= 0.6 is 0 Å². The van der Waals surface area contributed by atoms with Crippen molar-refractivity contribution in [2.24, 2.45) is 5.92 Å². The van der Waals surface area contributed by atoms with E-state index in [9.17, 15) is 4.79 Å². The fourth-order valence-corrected chi connectivity index (χ4v) is 3.26. The van der Waals surface area contributed by atoms with E-state index < -0.39 is 0 Å². The molecule has 1 aromatic carbocycles. The second-order valence-corrected chi connectivity index (χ2v) is 6.43. The SMILES string of the molecule is Cc1cccc(C2CC2C(=O)OC2CCN(CC#N)CC2)c1. The molecule has 2 unspecified atom stereocenters. The van der Waals surface area contributed by atoms with Gasteiger partial charge in [-0.2, -0.15) is 5.26 Å². The van der Waals surface area contributed by atoms with E-state index in [0.717, 1.165) is 32.4 Å². The zero-order chi connectivity index (χ0) is 15.5. The Morgan fingerprint density at radius 2 is 2.18 bits per heavy atom. The van der Waals surface area contributed by atoms with Gasteiger partial charge in [0, 0.05) is 13.1 Å². The van der Waals surface area contributed by atoms with Gasteiger partial charge < -0.3 is 4.74 Å². The van der Waals surface area contributed by atoms with Gasteiger partial charge in [-0.3, -0.25) is 9.69 Å². The van der Waals surface area contributed by atoms with Crippen LogP contribution in [0, 0.1) is 24.2 Å². The van der Waals surface area contributed by atoms with Crippen LogP contribution in [0.25, 0.3) is 0 Å². The Morgan fingerprint density at radius 1 is 1.41 bits per heavy atom. The quantitative estimate of drug-likeness (QED) is 0.633. The smallest absolute Gasteiger partial charge is 0.309 e. The number of carbonyl (C=O) groups is 1. The van der Waals surface area contributed by atoms with Crippen molar-refractivity contribution in [3.8, 4) is 6.07 Å². The Balaban J connectivity index is 1.47. The number of hydrogen-bond donors (Lipinski definition) is 0. The highest BCUT2D eigenvalue weighted by Crippen LogP contribution is 2.48. The molecule has 0 aromatic heterocycles. The van der Waals surface area contributed by atoms with Crippen molar-refractivity contribution in [2.45, 2.75) is 38.2 Å². The van der Waals surface area contributed by atoms with Crippen molar-refractivity contribution >= 4 is 5.97 Å². The summed E-state index contributed by atoms with van der Waals surface area (Å²) in [5, 5.41) is 8.69. The number of rotatable bonds is 4. The molecule has 22 heavy (non-hydrogen) atoms. The summed E-state index contributed by atoms with van der Waals surface area (Å²) in [7, 11) is 0. The summed E-state index contributed by atoms with van der Waals surface area (Å²) in [6.45, 7) is 4.24. The first kappa shape index (κ1) is 15.1. The van der Waals surface area contributed by atoms with Gasteiger partial charge in [0.15, 0.2) is 0 Å². The zero-order valence-corrected chi connectivity index (χ0v) is 13.0. The monoisotopic (exact) mass is 298 g/mol. The number of nitrogens with zero attached hydrogens (tertiary/aromatic N) is 2. The molecule has 1 heterocycles. The maximum Gasteiger partial charge on any atom is 0.309 e. The summed E-state index contributed by atoms with van der Waals surface area (Å²) in [6.07, 6.45) is 2.63. The first-order valence-corrected chi connectivity index (χ1v) is 8.03. The third-order valence-electron chi connectivity index (χ3n) is 4.68. The average molecular weight is 298 g/mol. The Labute approximate surface area is 131 Å². The van der Waals surface area contributed by atoms with Gasteiger partial charge in [-0.15, -0.1) is 0 Å². The number of benzene rings is 1. The van der Waals surface area contributed by atoms with Crippen molar-refractivity contribution in [1.29, 1.82) is 5.26 Å². The van der Waals surface area contributed by atoms with Gasteiger partial charge in [-0.1, -0.05) is 29.8 Å². The van der Waals surface area contributed by atoms with Gasteiger partial charge in [-0.25, -0.2) is 0 Å². The Bertz CT molecular complexity index is 585. The highest BCUT2D eigenvalue weighted by atomic mass is 16.5. The maximum absolute atomic E-state index is 12.3. The summed E-state index contributed by atoms with van der Waals surface area (Å²) in [5.74, 6) is 0.343. The molecule has 0 amide bonds. The minimum Gasteiger partial charge on any atom is -0.462 e. The third-order valence-corrected chi connectivity index (χ3v) is 4.68. The van der Waals surface area contributed by atoms with E-state index in [2.05, 4.69) is 42.2 Å². The van der Waals surface area contributed by atoms with Crippen molar-refractivity contribution < 1.29 is 9.53 Å². The Hall–Kier alpha value is -1.86. The molecule has 1 aromatic rings. The molecule has 3 rings (SSSR count). The van der Waals surface area contributed by atoms with Crippen LogP contribution in [0.4, 0.5) is 0 Å². The third kappa shape index (κ3) is 3.48. The normalized spacial score (nSPS) is 25.5. The van der Waals surface area contributed by atoms with Gasteiger partial charge in [-0.05, 0) is 37.7 Å². The highest BCUT2D eigenvalue weighted by Gasteiger charge is 2.45. The minimum absolute atomic E-state index is 0.0289. The van der Waals surface area contributed by atoms with Gasteiger partial charge in [0.2, 0.25) is 0 Å². The fourth-order valence-electron chi connectivity index (χ4n) is 3.26. The first-order valence-electron chi connectivity index (χ1n) is 8.03. The molecule has 1 saturated carbocycles. The predicted molar refractivity (Wildman–Crippen MR) is 83.2 cm³/mol. The van der Waals surface area contributed by atoms with Gasteiger partial charge in [0.25, 0.3) is 0 Å². The molecule has 1 saturated heterocycles. The molecule has 1 aliphatic heterocycles. The van der Waals surface area contributed by atoms with Crippen LogP contribution in [0.15, 0.2) is 24.3 Å². The summed E-state index contributed by atoms with van der Waals surface area (Å²) in [4.78, 5) is 14.4. The van der Waals surface area contributed by atoms with Gasteiger partial charge in [0.1, 0.15) is 6.10 Å². The molecule has 4 heteroatoms. The maximum atomic E-state index is 12.3. The largest absolute Gasteiger partial charge is 0.462 e. The molecule has 1 aliphatic carbocycles. The molecule has 4 nitrogen and oxygen atoms in total. The number of piperidine rings is 1. The number of ether oxygens (including phenoxy) is 1. The molecule has 2 aliphatic rings. The van der Waals surface area contributed by atoms with Crippen molar-refractivity contribution in [1.82, 2.24) is 4.90 Å². The lowest BCUT2D eigenvalue weighted by Gasteiger charge is -2.29. The van der Waals surface area contributed by atoms with Crippen molar-refractivity contribution in [2.75, 3.05) is 19.6 Å². The molecule has 0 radical (unpaired) electrons. The summed E-state index contributed by atoms with van der Waals surface area (Å²) < 4.78 is 5.68. The van der Waals surface area contributed by atoms with E-state index in [1.165, 1.54) is 11.1 Å². The van der Waals surface area contributed by atoms with E-state index in [4.69, 9.17) is 10.00 Å². The van der Waals surface area contributed by atoms with Crippen LogP contribution in [0.3, 0.4) is 0 Å². The lowest BCUT2D eigenvalue weighted by atomic mass is 10.1. The van der Waals surface area contributed by atoms with E-state index >= 15 is 0 Å². The topological polar surface area (TPSA) is 53.3 Å². The number of carbonyl (C=O) groups excluding carboxylic acids is 1. The van der Waals surface area contributed by atoms with Crippen LogP contribution in [-0.4, -0.2) is 36.6 Å². The number of likely N-dealkylation sites (tertiary alicyclic amines) is 1. The number of esters is 1. The molecule has 2 atom stereocenters. The first-order chi connectivity index (χ1) is 10.7. The summed E-state index contributed by atoms with van der Waals surface area (Å²) in [6, 6.07) is 10.6. The van der Waals surface area contributed by atoms with E-state index in [-0.39, 0.29) is 18.0 Å². The number of nitriles is 1. The molecule has 0 bridgehead atoms. The summed E-state index contributed by atoms with van der Waals surface area (Å²) >= 11 is 0. The molecule has 116 valence electrons. The zero-order valence-electron chi connectivity index (χ0n) is 13.0. The molecule has 0 N–H and O–H groups in total. The van der Waals surface area contributed by atoms with E-state index in [0.29, 0.717) is 12.5 Å². The fraction of sp³-hybridized carbons (Fsp3) is 0.556. The molecule has 0 spiro atoms. The Morgan fingerprint density at radius 3 is 2.86 bits per heavy atom. The van der Waals surface area contributed by atoms with Crippen LogP contribution in [0.1, 0.15) is 36.3 Å². The number of hydrogen-bond acceptors (Lipinski definition) is 4. The van der Waals surface area contributed by atoms with Gasteiger partial charge >= 0.3 is 5.97 Å². The van der Waals surface area contributed by atoms with Crippen LogP contribution in [0.2, 0.25) is 0 Å². The van der Waals surface area contributed by atoms with E-state index in [1.807, 2.05) is 0 Å². The highest BCUT2D eigenvalue weighted by molar-refractivity contribution is 5.77. The predicted octanol–water partition coefficient (Wildman–Crippen LogP) is 2.63. The Kier molecular flexibility index (Phi) is 4.44. The summed E-state index contributed by atoms with van der Waals surface area (Å²) in [5.41, 5.74) is 2.49. The minimum atomic E-state index is -0.0368. The van der Waals surface area contributed by atoms with Gasteiger partial charge in [0.05, 0.1) is 18.5 Å². The average Bonchev–Trinajstić information content (AvgIpc) is 3.30. The van der Waals surface area contributed by atoms with Crippen LogP contribution < -0.4 is 0 Å². The second-order valence-electron chi connectivity index (χ2n) is 6.43. The van der Waals surface area contributed by atoms with Crippen molar-refractivity contribution in [3.63, 3.8) is 0 Å². The van der Waals surface area contributed by atoms with E-state index in [1.54, 1.807) is 0 Å². The van der Waals surface area contributed by atoms with Crippen LogP contribution in [-0.2, 0) is 9.53 Å². The van der Waals surface area contributed by atoms with Crippen molar-refractivity contribution in [3.05, 3.63) is 35.4 Å². The lowest BCUT2D eigenvalue weighted by Crippen LogP contribution is -2.38.